The molecule has 9 heteroatoms. The Morgan fingerprint density at radius 2 is 1.78 bits per heavy atom. The summed E-state index contributed by atoms with van der Waals surface area (Å²) >= 11 is 11.9. The summed E-state index contributed by atoms with van der Waals surface area (Å²) in [5.74, 6) is -1.93. The van der Waals surface area contributed by atoms with Crippen LogP contribution in [0.15, 0.2) is 12.1 Å². The van der Waals surface area contributed by atoms with Gasteiger partial charge in [0, 0.05) is 5.41 Å². The summed E-state index contributed by atoms with van der Waals surface area (Å²) in [5.41, 5.74) is -1.27. The van der Waals surface area contributed by atoms with Gasteiger partial charge in [0.2, 0.25) is 10.0 Å². The van der Waals surface area contributed by atoms with Crippen molar-refractivity contribution in [2.45, 2.75) is 39.2 Å². The first-order valence-corrected chi connectivity index (χ1v) is 11.1. The first-order valence-electron chi connectivity index (χ1n) is 8.71. The maximum Gasteiger partial charge on any atom is 0.336 e. The molecule has 1 N–H and O–H groups in total. The fourth-order valence-electron chi connectivity index (χ4n) is 5.58. The van der Waals surface area contributed by atoms with Crippen molar-refractivity contribution in [3.8, 4) is 0 Å². The topological polar surface area (TPSA) is 91.8 Å². The van der Waals surface area contributed by atoms with Crippen molar-refractivity contribution in [3.63, 3.8) is 0 Å². The van der Waals surface area contributed by atoms with Gasteiger partial charge in [-0.05, 0) is 42.7 Å². The van der Waals surface area contributed by atoms with Gasteiger partial charge in [-0.25, -0.2) is 17.5 Å². The standard InChI is InChI=1S/C18H19Cl2NO5S/c1-17(2)9-3-4-18(17)8-27(25,26)21(14(18)5-9)15(22)10-6-12(19)13(20)7-11(10)16(23)24/h6-7,9,14H,3-5,8H2,1-2H3,(H,23,24)/t9-,14+,18+/m0/s1. The number of hydrogen-bond donors (Lipinski definition) is 1. The number of halogens is 2. The van der Waals surface area contributed by atoms with Crippen LogP contribution in [-0.4, -0.2) is 41.5 Å². The molecule has 3 fully saturated rings. The summed E-state index contributed by atoms with van der Waals surface area (Å²) in [5, 5.41) is 9.45. The van der Waals surface area contributed by atoms with Crippen LogP contribution in [0.5, 0.6) is 0 Å². The van der Waals surface area contributed by atoms with Crippen molar-refractivity contribution in [3.05, 3.63) is 33.3 Å². The molecule has 1 heterocycles. The van der Waals surface area contributed by atoms with Crippen LogP contribution in [0.4, 0.5) is 0 Å². The van der Waals surface area contributed by atoms with E-state index in [4.69, 9.17) is 23.2 Å². The number of benzene rings is 1. The predicted octanol–water partition coefficient (Wildman–Crippen LogP) is 3.67. The quantitative estimate of drug-likeness (QED) is 0.770. The highest BCUT2D eigenvalue weighted by Gasteiger charge is 2.72. The van der Waals surface area contributed by atoms with Crippen LogP contribution in [-0.2, 0) is 10.0 Å². The fraction of sp³-hybridized carbons (Fsp3) is 0.556. The number of amides is 1. The lowest BCUT2D eigenvalue weighted by atomic mass is 9.69. The Morgan fingerprint density at radius 3 is 2.33 bits per heavy atom. The highest BCUT2D eigenvalue weighted by Crippen LogP contribution is 2.70. The molecule has 2 saturated carbocycles. The molecule has 1 aliphatic heterocycles. The molecule has 0 unspecified atom stereocenters. The summed E-state index contributed by atoms with van der Waals surface area (Å²) in [7, 11) is -3.86. The highest BCUT2D eigenvalue weighted by molar-refractivity contribution is 7.90. The largest absolute Gasteiger partial charge is 0.478 e. The van der Waals surface area contributed by atoms with Crippen LogP contribution >= 0.6 is 23.2 Å². The number of nitrogens with zero attached hydrogens (tertiary/aromatic N) is 1. The van der Waals surface area contributed by atoms with Gasteiger partial charge in [-0.3, -0.25) is 4.79 Å². The van der Waals surface area contributed by atoms with E-state index in [2.05, 4.69) is 13.8 Å². The van der Waals surface area contributed by atoms with E-state index in [9.17, 15) is 23.1 Å². The molecule has 2 aliphatic carbocycles. The summed E-state index contributed by atoms with van der Waals surface area (Å²) in [6.45, 7) is 4.16. The number of rotatable bonds is 2. The second-order valence-electron chi connectivity index (χ2n) is 8.34. The van der Waals surface area contributed by atoms with Crippen LogP contribution < -0.4 is 0 Å². The van der Waals surface area contributed by atoms with Gasteiger partial charge in [0.15, 0.2) is 0 Å². The summed E-state index contributed by atoms with van der Waals surface area (Å²) in [6, 6.07) is 1.79. The van der Waals surface area contributed by atoms with Crippen molar-refractivity contribution in [1.29, 1.82) is 0 Å². The third-order valence-electron chi connectivity index (χ3n) is 7.13. The number of aromatic carboxylic acids is 1. The molecule has 1 saturated heterocycles. The molecule has 6 nitrogen and oxygen atoms in total. The van der Waals surface area contributed by atoms with E-state index in [1.54, 1.807) is 0 Å². The molecule has 0 aromatic heterocycles. The Hall–Kier alpha value is -1.31. The lowest BCUT2D eigenvalue weighted by molar-refractivity contribution is 0.0658. The third kappa shape index (κ3) is 2.34. The molecule has 4 rings (SSSR count). The van der Waals surface area contributed by atoms with Crippen molar-refractivity contribution in [1.82, 2.24) is 4.31 Å². The normalized spacial score (nSPS) is 32.5. The first kappa shape index (κ1) is 19.0. The number of carboxylic acids is 1. The Balaban J connectivity index is 1.84. The lowest BCUT2D eigenvalue weighted by Gasteiger charge is -2.37. The smallest absolute Gasteiger partial charge is 0.336 e. The molecule has 3 aliphatic rings. The van der Waals surface area contributed by atoms with E-state index in [1.165, 1.54) is 0 Å². The molecule has 1 aromatic carbocycles. The van der Waals surface area contributed by atoms with E-state index < -0.39 is 33.4 Å². The van der Waals surface area contributed by atoms with Gasteiger partial charge in [0.1, 0.15) is 0 Å². The fourth-order valence-corrected chi connectivity index (χ4v) is 8.43. The monoisotopic (exact) mass is 431 g/mol. The maximum absolute atomic E-state index is 13.3. The summed E-state index contributed by atoms with van der Waals surface area (Å²) in [6.07, 6.45) is 2.32. The summed E-state index contributed by atoms with van der Waals surface area (Å²) in [4.78, 5) is 24.9. The molecule has 1 spiro atoms. The SMILES string of the molecule is CC1(C)[C@H]2CC[C@]13CS(=O)(=O)N(C(=O)c1cc(Cl)c(Cl)cc1C(=O)O)[C@@H]3C2. The zero-order valence-corrected chi connectivity index (χ0v) is 17.2. The molecule has 3 atom stereocenters. The Morgan fingerprint density at radius 1 is 1.19 bits per heavy atom. The molecular formula is C18H19Cl2NO5S. The molecule has 146 valence electrons. The zero-order chi connectivity index (χ0) is 19.9. The molecule has 2 bridgehead atoms. The summed E-state index contributed by atoms with van der Waals surface area (Å²) < 4.78 is 26.9. The van der Waals surface area contributed by atoms with Gasteiger partial charge >= 0.3 is 5.97 Å². The van der Waals surface area contributed by atoms with E-state index >= 15 is 0 Å². The second-order valence-corrected chi connectivity index (χ2v) is 11.0. The minimum atomic E-state index is -3.86. The Labute approximate surface area is 167 Å². The van der Waals surface area contributed by atoms with Crippen LogP contribution in [0.3, 0.4) is 0 Å². The number of hydrogen-bond acceptors (Lipinski definition) is 4. The third-order valence-corrected chi connectivity index (χ3v) is 9.75. The van der Waals surface area contributed by atoms with Gasteiger partial charge in [0.25, 0.3) is 5.91 Å². The maximum atomic E-state index is 13.3. The highest BCUT2D eigenvalue weighted by atomic mass is 35.5. The van der Waals surface area contributed by atoms with Gasteiger partial charge in [-0.2, -0.15) is 0 Å². The van der Waals surface area contributed by atoms with Crippen LogP contribution in [0, 0.1) is 16.7 Å². The van der Waals surface area contributed by atoms with Crippen LogP contribution in [0.2, 0.25) is 10.0 Å². The molecule has 1 aromatic rings. The van der Waals surface area contributed by atoms with Crippen molar-refractivity contribution in [2.75, 3.05) is 5.75 Å². The number of carbonyl (C=O) groups is 2. The van der Waals surface area contributed by atoms with Crippen molar-refractivity contribution in [2.24, 2.45) is 16.7 Å². The van der Waals surface area contributed by atoms with Gasteiger partial charge in [-0.15, -0.1) is 0 Å². The van der Waals surface area contributed by atoms with E-state index in [1.807, 2.05) is 0 Å². The van der Waals surface area contributed by atoms with E-state index in [0.29, 0.717) is 12.3 Å². The molecule has 0 radical (unpaired) electrons. The molecular weight excluding hydrogens is 413 g/mol. The first-order chi connectivity index (χ1) is 12.4. The lowest BCUT2D eigenvalue weighted by Crippen LogP contribution is -2.44. The van der Waals surface area contributed by atoms with Gasteiger partial charge in [0.05, 0.1) is 33.0 Å². The molecule has 1 amide bonds. The van der Waals surface area contributed by atoms with E-state index in [0.717, 1.165) is 29.3 Å². The molecule has 27 heavy (non-hydrogen) atoms. The predicted molar refractivity (Wildman–Crippen MR) is 101 cm³/mol. The zero-order valence-electron chi connectivity index (χ0n) is 14.8. The number of carboxylic acid groups (broad SMARTS) is 1. The van der Waals surface area contributed by atoms with Crippen molar-refractivity contribution >= 4 is 45.1 Å². The number of sulfonamides is 1. The Kier molecular flexibility index (Phi) is 3.95. The average Bonchev–Trinajstić information content (AvgIpc) is 3.03. The van der Waals surface area contributed by atoms with E-state index in [-0.39, 0.29) is 32.3 Å². The minimum Gasteiger partial charge on any atom is -0.478 e. The number of fused-ring (bicyclic) bond motifs is 1. The van der Waals surface area contributed by atoms with Gasteiger partial charge < -0.3 is 5.11 Å². The van der Waals surface area contributed by atoms with Crippen LogP contribution in [0.1, 0.15) is 53.8 Å². The number of carbonyl (C=O) groups excluding carboxylic acids is 1. The van der Waals surface area contributed by atoms with Gasteiger partial charge in [-0.1, -0.05) is 37.0 Å². The van der Waals surface area contributed by atoms with Crippen LogP contribution in [0.25, 0.3) is 0 Å². The van der Waals surface area contributed by atoms with Crippen molar-refractivity contribution < 1.29 is 23.1 Å². The Bertz CT molecular complexity index is 990. The second kappa shape index (κ2) is 5.61. The minimum absolute atomic E-state index is 0.00426. The average molecular weight is 432 g/mol.